The normalized spacial score (nSPS) is 11.5. The molecule has 1 radical (unpaired) electrons. The van der Waals surface area contributed by atoms with E-state index in [0.717, 1.165) is 11.3 Å². The van der Waals surface area contributed by atoms with E-state index in [1.807, 2.05) is 25.1 Å². The summed E-state index contributed by atoms with van der Waals surface area (Å²) in [6.07, 6.45) is 1.71. The fourth-order valence-electron chi connectivity index (χ4n) is 0.770. The van der Waals surface area contributed by atoms with Crippen LogP contribution in [0.3, 0.4) is 0 Å². The largest absolute Gasteiger partial charge is 0.512 e. The minimum absolute atomic E-state index is 0. The van der Waals surface area contributed by atoms with Gasteiger partial charge in [-0.05, 0) is 26.0 Å². The molecule has 12 heavy (non-hydrogen) atoms. The van der Waals surface area contributed by atoms with Crippen LogP contribution in [-0.4, -0.2) is 10.1 Å². The van der Waals surface area contributed by atoms with E-state index in [9.17, 15) is 0 Å². The Morgan fingerprint density at radius 2 is 2.00 bits per heavy atom. The Morgan fingerprint density at radius 3 is 2.42 bits per heavy atom. The number of allylic oxidation sites excluding steroid dienone is 2. The van der Waals surface area contributed by atoms with Gasteiger partial charge in [-0.1, -0.05) is 6.07 Å². The van der Waals surface area contributed by atoms with Crippen LogP contribution < -0.4 is 0 Å². The second-order valence-electron chi connectivity index (χ2n) is 2.43. The monoisotopic (exact) mass is 342 g/mol. The number of nitrogens with zero attached hydrogens (tertiary/aromatic N) is 1. The van der Waals surface area contributed by atoms with Crippen LogP contribution >= 0.6 is 0 Å². The molecular weight excluding hydrogens is 330 g/mol. The number of rotatable bonds is 1. The van der Waals surface area contributed by atoms with Gasteiger partial charge in [0.25, 0.3) is 0 Å². The van der Waals surface area contributed by atoms with Crippen LogP contribution in [0, 0.1) is 0 Å². The van der Waals surface area contributed by atoms with E-state index in [1.54, 1.807) is 13.1 Å². The number of hydrogen-bond donors (Lipinski definition) is 1. The number of aromatic nitrogens is 1. The molecule has 1 aromatic rings. The summed E-state index contributed by atoms with van der Waals surface area (Å²) in [5, 5.41) is 9.11. The second-order valence-corrected chi connectivity index (χ2v) is 2.43. The third kappa shape index (κ3) is 2.76. The van der Waals surface area contributed by atoms with E-state index >= 15 is 0 Å². The van der Waals surface area contributed by atoms with Gasteiger partial charge in [-0.2, -0.15) is 0 Å². The average molecular weight is 341 g/mol. The van der Waals surface area contributed by atoms with Crippen molar-refractivity contribution in [3.05, 3.63) is 35.8 Å². The van der Waals surface area contributed by atoms with Gasteiger partial charge >= 0.3 is 0 Å². The van der Waals surface area contributed by atoms with Crippen LogP contribution in [0.4, 0.5) is 0 Å². The van der Waals surface area contributed by atoms with E-state index in [2.05, 4.69) is 4.98 Å². The average Bonchev–Trinajstić information content (AvgIpc) is 2.05. The van der Waals surface area contributed by atoms with Gasteiger partial charge in [-0.3, -0.25) is 4.98 Å². The molecule has 0 aliphatic rings. The zero-order valence-corrected chi connectivity index (χ0v) is 9.43. The van der Waals surface area contributed by atoms with Crippen LogP contribution in [0.2, 0.25) is 0 Å². The van der Waals surface area contributed by atoms with Crippen LogP contribution in [0.15, 0.2) is 30.2 Å². The molecule has 0 fully saturated rings. The van der Waals surface area contributed by atoms with Crippen molar-refractivity contribution in [2.24, 2.45) is 0 Å². The molecule has 0 amide bonds. The molecule has 1 rings (SSSR count). The molecule has 0 spiro atoms. The van der Waals surface area contributed by atoms with Gasteiger partial charge in [0.15, 0.2) is 0 Å². The summed E-state index contributed by atoms with van der Waals surface area (Å²) < 4.78 is 0. The zero-order valence-electron chi connectivity index (χ0n) is 7.04. The molecular formula is C9H11IrNO. The molecule has 0 saturated heterocycles. The van der Waals surface area contributed by atoms with E-state index < -0.39 is 0 Å². The van der Waals surface area contributed by atoms with Crippen molar-refractivity contribution in [3.63, 3.8) is 0 Å². The number of aliphatic hydroxyl groups is 1. The first-order valence-electron chi connectivity index (χ1n) is 3.49. The summed E-state index contributed by atoms with van der Waals surface area (Å²) in [5.41, 5.74) is 1.65. The van der Waals surface area contributed by atoms with Gasteiger partial charge in [-0.15, -0.1) is 0 Å². The van der Waals surface area contributed by atoms with Crippen molar-refractivity contribution in [2.75, 3.05) is 0 Å². The molecule has 0 atom stereocenters. The molecule has 0 aromatic carbocycles. The Kier molecular flexibility index (Phi) is 4.79. The van der Waals surface area contributed by atoms with Gasteiger partial charge < -0.3 is 5.11 Å². The van der Waals surface area contributed by atoms with Crippen LogP contribution in [0.1, 0.15) is 19.5 Å². The standard InChI is InChI=1S/C9H11NO.Ir/c1-7(8(2)11)9-5-3-4-6-10-9;/h3-6,11H,1-2H3;/b8-7-;. The SMILES string of the molecule is C/C(O)=C(\C)c1ccccn1.[Ir]. The Hall–Kier alpha value is -0.661. The van der Waals surface area contributed by atoms with E-state index in [-0.39, 0.29) is 20.1 Å². The van der Waals surface area contributed by atoms with Crippen molar-refractivity contribution in [1.82, 2.24) is 4.98 Å². The first-order valence-corrected chi connectivity index (χ1v) is 3.49. The molecule has 1 heterocycles. The summed E-state index contributed by atoms with van der Waals surface area (Å²) in [5.74, 6) is 0.323. The van der Waals surface area contributed by atoms with Crippen molar-refractivity contribution < 1.29 is 25.2 Å². The maximum absolute atomic E-state index is 9.11. The maximum Gasteiger partial charge on any atom is 0.0942 e. The summed E-state index contributed by atoms with van der Waals surface area (Å²) in [6, 6.07) is 5.62. The molecule has 0 aliphatic carbocycles. The molecule has 2 nitrogen and oxygen atoms in total. The van der Waals surface area contributed by atoms with Crippen LogP contribution in [0.25, 0.3) is 5.57 Å². The molecule has 1 N–H and O–H groups in total. The number of aliphatic hydroxyl groups excluding tert-OH is 1. The van der Waals surface area contributed by atoms with Crippen molar-refractivity contribution in [2.45, 2.75) is 13.8 Å². The molecule has 67 valence electrons. The number of hydrogen-bond acceptors (Lipinski definition) is 2. The topological polar surface area (TPSA) is 33.1 Å². The summed E-state index contributed by atoms with van der Waals surface area (Å²) in [4.78, 5) is 4.08. The second kappa shape index (κ2) is 5.07. The van der Waals surface area contributed by atoms with Crippen molar-refractivity contribution in [3.8, 4) is 0 Å². The summed E-state index contributed by atoms with van der Waals surface area (Å²) in [7, 11) is 0. The van der Waals surface area contributed by atoms with Gasteiger partial charge in [-0.25, -0.2) is 0 Å². The van der Waals surface area contributed by atoms with E-state index in [1.165, 1.54) is 0 Å². The Balaban J connectivity index is 0.00000121. The van der Waals surface area contributed by atoms with Gasteiger partial charge in [0.2, 0.25) is 0 Å². The molecule has 0 bridgehead atoms. The maximum atomic E-state index is 9.11. The fraction of sp³-hybridized carbons (Fsp3) is 0.222. The summed E-state index contributed by atoms with van der Waals surface area (Å²) >= 11 is 0. The quantitative estimate of drug-likeness (QED) is 0.796. The van der Waals surface area contributed by atoms with Crippen molar-refractivity contribution in [1.29, 1.82) is 0 Å². The van der Waals surface area contributed by atoms with Crippen molar-refractivity contribution >= 4 is 5.57 Å². The molecule has 1 aromatic heterocycles. The molecule has 0 unspecified atom stereocenters. The summed E-state index contributed by atoms with van der Waals surface area (Å²) in [6.45, 7) is 3.50. The predicted molar refractivity (Wildman–Crippen MR) is 45.1 cm³/mol. The Labute approximate surface area is 85.7 Å². The predicted octanol–water partition coefficient (Wildman–Crippen LogP) is 2.39. The zero-order chi connectivity index (χ0) is 8.27. The smallest absolute Gasteiger partial charge is 0.0942 e. The molecule has 0 saturated carbocycles. The van der Waals surface area contributed by atoms with Gasteiger partial charge in [0, 0.05) is 31.9 Å². The first-order chi connectivity index (χ1) is 5.22. The van der Waals surface area contributed by atoms with E-state index in [4.69, 9.17) is 5.11 Å². The first kappa shape index (κ1) is 11.3. The number of pyridine rings is 1. The molecule has 3 heteroatoms. The molecule has 0 aliphatic heterocycles. The van der Waals surface area contributed by atoms with E-state index in [0.29, 0.717) is 5.76 Å². The van der Waals surface area contributed by atoms with Gasteiger partial charge in [0.05, 0.1) is 11.5 Å². The fourth-order valence-corrected chi connectivity index (χ4v) is 0.770. The van der Waals surface area contributed by atoms with Crippen LogP contribution in [-0.2, 0) is 20.1 Å². The minimum atomic E-state index is 0. The minimum Gasteiger partial charge on any atom is -0.512 e. The Bertz CT molecular complexity index is 265. The third-order valence-corrected chi connectivity index (χ3v) is 1.59. The Morgan fingerprint density at radius 1 is 1.33 bits per heavy atom. The van der Waals surface area contributed by atoms with Gasteiger partial charge in [0.1, 0.15) is 0 Å². The third-order valence-electron chi connectivity index (χ3n) is 1.59. The van der Waals surface area contributed by atoms with Crippen LogP contribution in [0.5, 0.6) is 0 Å².